The molecule has 3 aromatic heterocycles. The number of likely N-dealkylation sites (tertiary alicyclic amines) is 1. The third kappa shape index (κ3) is 4.45. The highest BCUT2D eigenvalue weighted by atomic mass is 19.1. The molecule has 1 N–H and O–H groups in total. The highest BCUT2D eigenvalue weighted by Gasteiger charge is 2.35. The van der Waals surface area contributed by atoms with Gasteiger partial charge in [-0.1, -0.05) is 0 Å². The van der Waals surface area contributed by atoms with Gasteiger partial charge in [0.25, 0.3) is 0 Å². The van der Waals surface area contributed by atoms with Gasteiger partial charge in [-0.3, -0.25) is 0 Å². The summed E-state index contributed by atoms with van der Waals surface area (Å²) in [7, 11) is 5.70. The van der Waals surface area contributed by atoms with Crippen molar-refractivity contribution in [1.82, 2.24) is 34.4 Å². The molecule has 10 nitrogen and oxygen atoms in total. The number of likely N-dealkylation sites (N-methyl/N-ethyl adjacent to an activating group) is 2. The molecule has 6 rings (SSSR count). The van der Waals surface area contributed by atoms with E-state index in [-0.39, 0.29) is 6.04 Å². The van der Waals surface area contributed by atoms with Gasteiger partial charge in [-0.15, -0.1) is 0 Å². The number of anilines is 3. The summed E-state index contributed by atoms with van der Waals surface area (Å²) in [6.07, 6.45) is 3.93. The van der Waals surface area contributed by atoms with E-state index in [1.807, 2.05) is 73.9 Å². The van der Waals surface area contributed by atoms with Crippen LogP contribution in [0.1, 0.15) is 5.56 Å². The molecule has 2 unspecified atom stereocenters. The number of imidazole rings is 1. The van der Waals surface area contributed by atoms with Gasteiger partial charge in [0.15, 0.2) is 5.82 Å². The second-order valence-electron chi connectivity index (χ2n) is 9.75. The van der Waals surface area contributed by atoms with E-state index in [1.165, 1.54) is 6.33 Å². The Morgan fingerprint density at radius 1 is 1.03 bits per heavy atom. The maximum Gasteiger partial charge on any atom is 0.226 e. The molecule has 1 fully saturated rings. The first-order chi connectivity index (χ1) is 18.4. The Hall–Kier alpha value is -4.38. The van der Waals surface area contributed by atoms with E-state index in [4.69, 9.17) is 9.72 Å². The fourth-order valence-electron chi connectivity index (χ4n) is 4.83. The van der Waals surface area contributed by atoms with Crippen molar-refractivity contribution in [3.63, 3.8) is 0 Å². The van der Waals surface area contributed by atoms with E-state index in [9.17, 15) is 4.39 Å². The lowest BCUT2D eigenvalue weighted by molar-refractivity contribution is 0.306. The van der Waals surface area contributed by atoms with Crippen LogP contribution in [0.5, 0.6) is 11.5 Å². The SMILES string of the molecule is Cc1cc(Nc2ncnc3cnc(N(C)C4CN(C)CC4F)nc23)ccc1Oc1ccc2c(c1)ncn2C. The number of ether oxygens (including phenoxy) is 1. The predicted octanol–water partition coefficient (Wildman–Crippen LogP) is 4.24. The topological polar surface area (TPSA) is 97.1 Å². The first kappa shape index (κ1) is 24.0. The largest absolute Gasteiger partial charge is 0.457 e. The van der Waals surface area contributed by atoms with Gasteiger partial charge in [-0.2, -0.15) is 0 Å². The molecule has 1 saturated heterocycles. The summed E-state index contributed by atoms with van der Waals surface area (Å²) in [5.74, 6) is 2.44. The second kappa shape index (κ2) is 9.49. The lowest BCUT2D eigenvalue weighted by atomic mass is 10.2. The van der Waals surface area contributed by atoms with Crippen molar-refractivity contribution < 1.29 is 9.13 Å². The molecule has 2 aromatic carbocycles. The van der Waals surface area contributed by atoms with Crippen LogP contribution in [0.25, 0.3) is 22.1 Å². The van der Waals surface area contributed by atoms with Crippen molar-refractivity contribution in [3.05, 3.63) is 60.8 Å². The van der Waals surface area contributed by atoms with Gasteiger partial charge in [0.05, 0.1) is 29.6 Å². The summed E-state index contributed by atoms with van der Waals surface area (Å²) in [6.45, 7) is 2.99. The number of aryl methyl sites for hydroxylation is 2. The number of alkyl halides is 1. The fraction of sp³-hybridized carbons (Fsp3) is 0.296. The van der Waals surface area contributed by atoms with Crippen molar-refractivity contribution in [2.45, 2.75) is 19.1 Å². The number of benzene rings is 2. The molecule has 1 aliphatic heterocycles. The molecule has 0 radical (unpaired) electrons. The fourth-order valence-corrected chi connectivity index (χ4v) is 4.83. The third-order valence-electron chi connectivity index (χ3n) is 6.94. The standard InChI is InChI=1S/C27H28FN9O/c1-16-9-17(5-8-24(16)38-18-6-7-22-20(10-18)32-15-36(22)3)33-26-25-21(30-14-31-26)11-29-27(34-25)37(4)23-13-35(2)12-19(23)28/h5-11,14-15,19,23H,12-13H2,1-4H3,(H,30,31,33). The molecular weight excluding hydrogens is 485 g/mol. The van der Waals surface area contributed by atoms with Crippen LogP contribution in [-0.2, 0) is 7.05 Å². The zero-order chi connectivity index (χ0) is 26.4. The Bertz CT molecular complexity index is 1640. The molecule has 1 aliphatic rings. The maximum atomic E-state index is 14.5. The Morgan fingerprint density at radius 3 is 2.68 bits per heavy atom. The van der Waals surface area contributed by atoms with E-state index >= 15 is 0 Å². The zero-order valence-corrected chi connectivity index (χ0v) is 21.6. The van der Waals surface area contributed by atoms with Crippen LogP contribution in [-0.4, -0.2) is 73.8 Å². The monoisotopic (exact) mass is 513 g/mol. The van der Waals surface area contributed by atoms with Crippen LogP contribution < -0.4 is 15.0 Å². The third-order valence-corrected chi connectivity index (χ3v) is 6.94. The summed E-state index contributed by atoms with van der Waals surface area (Å²) < 4.78 is 22.7. The maximum absolute atomic E-state index is 14.5. The van der Waals surface area contributed by atoms with Gasteiger partial charge in [-0.25, -0.2) is 29.3 Å². The van der Waals surface area contributed by atoms with E-state index in [0.717, 1.165) is 33.8 Å². The Labute approximate surface area is 219 Å². The summed E-state index contributed by atoms with van der Waals surface area (Å²) in [5, 5.41) is 3.35. The number of rotatable bonds is 6. The molecule has 0 bridgehead atoms. The van der Waals surface area contributed by atoms with Gasteiger partial charge in [0.2, 0.25) is 5.95 Å². The number of aromatic nitrogens is 6. The number of halogens is 1. The molecular formula is C27H28FN9O. The number of nitrogens with one attached hydrogen (secondary N) is 1. The summed E-state index contributed by atoms with van der Waals surface area (Å²) in [4.78, 5) is 26.0. The quantitative estimate of drug-likeness (QED) is 0.358. The van der Waals surface area contributed by atoms with Crippen molar-refractivity contribution in [1.29, 1.82) is 0 Å². The van der Waals surface area contributed by atoms with Crippen LogP contribution in [0, 0.1) is 6.92 Å². The van der Waals surface area contributed by atoms with Gasteiger partial charge in [-0.05, 0) is 49.9 Å². The summed E-state index contributed by atoms with van der Waals surface area (Å²) in [6, 6.07) is 11.4. The van der Waals surface area contributed by atoms with Crippen molar-refractivity contribution in [2.24, 2.45) is 7.05 Å². The van der Waals surface area contributed by atoms with Crippen molar-refractivity contribution in [3.8, 4) is 11.5 Å². The molecule has 0 saturated carbocycles. The van der Waals surface area contributed by atoms with E-state index in [1.54, 1.807) is 17.4 Å². The smallest absolute Gasteiger partial charge is 0.226 e. The van der Waals surface area contributed by atoms with Gasteiger partial charge in [0.1, 0.15) is 35.0 Å². The Kier molecular flexibility index (Phi) is 5.99. The molecule has 11 heteroatoms. The molecule has 38 heavy (non-hydrogen) atoms. The van der Waals surface area contributed by atoms with Crippen LogP contribution in [0.3, 0.4) is 0 Å². The predicted molar refractivity (Wildman–Crippen MR) is 145 cm³/mol. The second-order valence-corrected chi connectivity index (χ2v) is 9.75. The van der Waals surface area contributed by atoms with Crippen LogP contribution >= 0.6 is 0 Å². The van der Waals surface area contributed by atoms with E-state index in [2.05, 4.69) is 25.3 Å². The van der Waals surface area contributed by atoms with Gasteiger partial charge in [0, 0.05) is 38.9 Å². The van der Waals surface area contributed by atoms with Crippen LogP contribution in [0.2, 0.25) is 0 Å². The molecule has 5 aromatic rings. The molecule has 0 spiro atoms. The minimum Gasteiger partial charge on any atom is -0.457 e. The number of fused-ring (bicyclic) bond motifs is 2. The number of hydrogen-bond donors (Lipinski definition) is 1. The minimum absolute atomic E-state index is 0.313. The van der Waals surface area contributed by atoms with Crippen molar-refractivity contribution in [2.75, 3.05) is 37.4 Å². The van der Waals surface area contributed by atoms with Gasteiger partial charge < -0.3 is 24.4 Å². The lowest BCUT2D eigenvalue weighted by Crippen LogP contribution is -2.40. The molecule has 0 aliphatic carbocycles. The lowest BCUT2D eigenvalue weighted by Gasteiger charge is -2.25. The number of nitrogens with zero attached hydrogens (tertiary/aromatic N) is 8. The average molecular weight is 514 g/mol. The highest BCUT2D eigenvalue weighted by Crippen LogP contribution is 2.31. The zero-order valence-electron chi connectivity index (χ0n) is 21.6. The van der Waals surface area contributed by atoms with E-state index in [0.29, 0.717) is 35.9 Å². The Balaban J connectivity index is 1.24. The summed E-state index contributed by atoms with van der Waals surface area (Å²) >= 11 is 0. The summed E-state index contributed by atoms with van der Waals surface area (Å²) in [5.41, 5.74) is 4.86. The molecule has 0 amide bonds. The Morgan fingerprint density at radius 2 is 1.89 bits per heavy atom. The first-order valence-corrected chi connectivity index (χ1v) is 12.4. The van der Waals surface area contributed by atoms with Crippen molar-refractivity contribution >= 4 is 39.5 Å². The molecule has 4 heterocycles. The highest BCUT2D eigenvalue weighted by molar-refractivity contribution is 5.87. The molecule has 2 atom stereocenters. The number of hydrogen-bond acceptors (Lipinski definition) is 9. The van der Waals surface area contributed by atoms with Crippen LogP contribution in [0.15, 0.2) is 55.2 Å². The first-order valence-electron chi connectivity index (χ1n) is 12.4. The van der Waals surface area contributed by atoms with E-state index < -0.39 is 6.17 Å². The van der Waals surface area contributed by atoms with Gasteiger partial charge >= 0.3 is 0 Å². The normalized spacial score (nSPS) is 17.8. The minimum atomic E-state index is -0.969. The average Bonchev–Trinajstić information content (AvgIpc) is 3.45. The molecule has 194 valence electrons. The van der Waals surface area contributed by atoms with Crippen LogP contribution in [0.4, 0.5) is 21.8 Å².